The highest BCUT2D eigenvalue weighted by Gasteiger charge is 2.23. The van der Waals surface area contributed by atoms with Gasteiger partial charge in [0.25, 0.3) is 7.82 Å². The summed E-state index contributed by atoms with van der Waals surface area (Å²) in [5.41, 5.74) is 0. The molecular weight excluding hydrogens is 816 g/mol. The van der Waals surface area contributed by atoms with Crippen molar-refractivity contribution in [1.29, 1.82) is 0 Å². The van der Waals surface area contributed by atoms with E-state index in [2.05, 4.69) is 55.6 Å². The number of unbranched alkanes of at least 4 members (excludes halogenated alkanes) is 30. The van der Waals surface area contributed by atoms with Gasteiger partial charge in [-0.1, -0.05) is 223 Å². The van der Waals surface area contributed by atoms with Crippen LogP contribution in [0.3, 0.4) is 0 Å². The van der Waals surface area contributed by atoms with Crippen molar-refractivity contribution in [2.75, 3.05) is 40.9 Å². The van der Waals surface area contributed by atoms with Crippen molar-refractivity contribution in [2.45, 2.75) is 257 Å². The molecule has 0 rings (SSSR count). The summed E-state index contributed by atoms with van der Waals surface area (Å²) < 4.78 is 23.2. The minimum absolute atomic E-state index is 0.00626. The van der Waals surface area contributed by atoms with Gasteiger partial charge in [-0.25, -0.2) is 0 Å². The predicted molar refractivity (Wildman–Crippen MR) is 274 cm³/mol. The van der Waals surface area contributed by atoms with Gasteiger partial charge in [-0.3, -0.25) is 9.36 Å². The smallest absolute Gasteiger partial charge is 0.268 e. The van der Waals surface area contributed by atoms with E-state index in [-0.39, 0.29) is 12.5 Å². The fraction of sp³-hybridized carbons (Fsp3) is 0.836. The van der Waals surface area contributed by atoms with Crippen molar-refractivity contribution in [2.24, 2.45) is 0 Å². The molecule has 0 radical (unpaired) electrons. The molecule has 9 heteroatoms. The maximum atomic E-state index is 12.9. The number of nitrogens with zero attached hydrogens (tertiary/aromatic N) is 1. The van der Waals surface area contributed by atoms with Crippen LogP contribution in [0.15, 0.2) is 48.6 Å². The summed E-state index contributed by atoms with van der Waals surface area (Å²) in [7, 11) is 1.24. The number of phosphoric ester groups is 1. The summed E-state index contributed by atoms with van der Waals surface area (Å²) >= 11 is 0. The molecule has 3 atom stereocenters. The second-order valence-electron chi connectivity index (χ2n) is 19.6. The molecule has 0 aromatic carbocycles. The van der Waals surface area contributed by atoms with Crippen LogP contribution < -0.4 is 10.2 Å². The number of quaternary nitrogens is 1. The van der Waals surface area contributed by atoms with Crippen molar-refractivity contribution in [3.8, 4) is 0 Å². The second kappa shape index (κ2) is 46.6. The summed E-state index contributed by atoms with van der Waals surface area (Å²) in [6.45, 7) is 4.57. The summed E-state index contributed by atoms with van der Waals surface area (Å²) in [4.78, 5) is 25.3. The van der Waals surface area contributed by atoms with E-state index >= 15 is 0 Å². The highest BCUT2D eigenvalue weighted by molar-refractivity contribution is 7.45. The van der Waals surface area contributed by atoms with E-state index in [0.717, 1.165) is 44.9 Å². The lowest BCUT2D eigenvalue weighted by Gasteiger charge is -2.29. The zero-order chi connectivity index (χ0) is 47.1. The number of phosphoric acid groups is 1. The Labute approximate surface area is 397 Å². The first-order valence-electron chi connectivity index (χ1n) is 27.0. The van der Waals surface area contributed by atoms with E-state index in [1.807, 2.05) is 27.2 Å². The molecule has 0 fully saturated rings. The highest BCUT2D eigenvalue weighted by atomic mass is 31.2. The van der Waals surface area contributed by atoms with Crippen LogP contribution in [-0.4, -0.2) is 68.5 Å². The molecule has 2 N–H and O–H groups in total. The fourth-order valence-corrected chi connectivity index (χ4v) is 8.45. The van der Waals surface area contributed by atoms with Crippen LogP contribution in [0.2, 0.25) is 0 Å². The molecule has 0 heterocycles. The standard InChI is InChI=1S/C55H105N2O6P/c1-6-8-10-12-14-16-17-18-19-20-21-22-23-24-25-26-27-28-29-30-31-32-33-34-35-36-37-38-39-41-43-45-47-49-55(59)56-53(52-63-64(60,61)62-51-50-57(3,4)5)54(58)48-46-44-42-40-15-13-11-9-7-2/h15,17-18,20-21,40,46,48,53-54,58H,6-14,16,19,22-39,41-45,47,49-52H2,1-5H3,(H-,56,59,60,61)/b18-17-,21-20-,40-15+,48-46+. The van der Waals surface area contributed by atoms with Crippen LogP contribution in [0.4, 0.5) is 0 Å². The molecule has 8 nitrogen and oxygen atoms in total. The highest BCUT2D eigenvalue weighted by Crippen LogP contribution is 2.38. The number of rotatable bonds is 49. The van der Waals surface area contributed by atoms with Crippen molar-refractivity contribution in [3.63, 3.8) is 0 Å². The average Bonchev–Trinajstić information content (AvgIpc) is 3.25. The SMILES string of the molecule is CCCCC/C=C/CC/C=C/C(O)C(COP(=O)([O-])OCC[N+](C)(C)C)NC(=O)CCCCCCCCCCCCCCCCCCCCCCC/C=C\C/C=C\CCCCCCC. The van der Waals surface area contributed by atoms with Gasteiger partial charge in [0.2, 0.25) is 5.91 Å². The molecule has 0 bridgehead atoms. The Morgan fingerprint density at radius 1 is 0.547 bits per heavy atom. The molecule has 0 aliphatic heterocycles. The Balaban J connectivity index is 3.93. The molecule has 0 aromatic heterocycles. The zero-order valence-corrected chi connectivity index (χ0v) is 43.6. The third-order valence-electron chi connectivity index (χ3n) is 12.0. The second-order valence-corrected chi connectivity index (χ2v) is 21.0. The quantitative estimate of drug-likeness (QED) is 0.0272. The third-order valence-corrected chi connectivity index (χ3v) is 13.0. The van der Waals surface area contributed by atoms with E-state index in [1.165, 1.54) is 180 Å². The number of likely N-dealkylation sites (N-methyl/N-ethyl adjacent to an activating group) is 1. The number of nitrogens with one attached hydrogen (secondary N) is 1. The number of aliphatic hydroxyl groups is 1. The summed E-state index contributed by atoms with van der Waals surface area (Å²) in [5.74, 6) is -0.208. The Kier molecular flexibility index (Phi) is 45.4. The first-order valence-corrected chi connectivity index (χ1v) is 28.5. The minimum Gasteiger partial charge on any atom is -0.756 e. The number of amides is 1. The Morgan fingerprint density at radius 3 is 1.39 bits per heavy atom. The van der Waals surface area contributed by atoms with Gasteiger partial charge in [-0.2, -0.15) is 0 Å². The van der Waals surface area contributed by atoms with Gasteiger partial charge in [0.05, 0.1) is 39.9 Å². The lowest BCUT2D eigenvalue weighted by atomic mass is 10.0. The van der Waals surface area contributed by atoms with Crippen molar-refractivity contribution < 1.29 is 32.9 Å². The van der Waals surface area contributed by atoms with E-state index < -0.39 is 26.6 Å². The van der Waals surface area contributed by atoms with Crippen LogP contribution >= 0.6 is 7.82 Å². The summed E-state index contributed by atoms with van der Waals surface area (Å²) in [5, 5.41) is 13.7. The predicted octanol–water partition coefficient (Wildman–Crippen LogP) is 15.3. The molecule has 3 unspecified atom stereocenters. The molecule has 64 heavy (non-hydrogen) atoms. The lowest BCUT2D eigenvalue weighted by molar-refractivity contribution is -0.870. The Bertz CT molecular complexity index is 1180. The normalized spacial score (nSPS) is 14.4. The molecule has 1 amide bonds. The molecule has 0 aromatic rings. The Morgan fingerprint density at radius 2 is 0.922 bits per heavy atom. The van der Waals surface area contributed by atoms with Crippen LogP contribution in [0.1, 0.15) is 245 Å². The first-order chi connectivity index (χ1) is 31.0. The van der Waals surface area contributed by atoms with Gasteiger partial charge in [-0.05, 0) is 64.2 Å². The molecule has 0 saturated carbocycles. The number of carbonyl (C=O) groups excluding carboxylic acids is 1. The van der Waals surface area contributed by atoms with Gasteiger partial charge >= 0.3 is 0 Å². The number of carbonyl (C=O) groups is 1. The molecule has 0 aliphatic carbocycles. The molecule has 0 aliphatic rings. The van der Waals surface area contributed by atoms with Crippen molar-refractivity contribution >= 4 is 13.7 Å². The topological polar surface area (TPSA) is 108 Å². The largest absolute Gasteiger partial charge is 0.756 e. The minimum atomic E-state index is -4.59. The maximum absolute atomic E-state index is 12.9. The van der Waals surface area contributed by atoms with Gasteiger partial charge < -0.3 is 28.8 Å². The van der Waals surface area contributed by atoms with Crippen LogP contribution in [0, 0.1) is 0 Å². The number of hydrogen-bond acceptors (Lipinski definition) is 6. The molecule has 0 spiro atoms. The van der Waals surface area contributed by atoms with Gasteiger partial charge in [0.1, 0.15) is 13.2 Å². The van der Waals surface area contributed by atoms with E-state index in [1.54, 1.807) is 6.08 Å². The average molecular weight is 921 g/mol. The molecule has 376 valence electrons. The van der Waals surface area contributed by atoms with Crippen molar-refractivity contribution in [1.82, 2.24) is 5.32 Å². The lowest BCUT2D eigenvalue weighted by Crippen LogP contribution is -2.45. The van der Waals surface area contributed by atoms with Crippen molar-refractivity contribution in [3.05, 3.63) is 48.6 Å². The fourth-order valence-electron chi connectivity index (χ4n) is 7.73. The van der Waals surface area contributed by atoms with E-state index in [4.69, 9.17) is 9.05 Å². The summed E-state index contributed by atoms with van der Waals surface area (Å²) in [6.07, 6.45) is 60.8. The number of aliphatic hydroxyl groups excluding tert-OH is 1. The molecule has 0 saturated heterocycles. The van der Waals surface area contributed by atoms with Crippen LogP contribution in [0.25, 0.3) is 0 Å². The van der Waals surface area contributed by atoms with Gasteiger partial charge in [0, 0.05) is 6.42 Å². The monoisotopic (exact) mass is 921 g/mol. The molecular formula is C55H105N2O6P. The van der Waals surface area contributed by atoms with Gasteiger partial charge in [0.15, 0.2) is 0 Å². The van der Waals surface area contributed by atoms with Gasteiger partial charge in [-0.15, -0.1) is 0 Å². The van der Waals surface area contributed by atoms with Crippen LogP contribution in [0.5, 0.6) is 0 Å². The maximum Gasteiger partial charge on any atom is 0.268 e. The summed E-state index contributed by atoms with van der Waals surface area (Å²) in [6, 6.07) is -0.900. The number of hydrogen-bond donors (Lipinski definition) is 2. The third kappa shape index (κ3) is 48.4. The van der Waals surface area contributed by atoms with E-state index in [0.29, 0.717) is 17.4 Å². The first kappa shape index (κ1) is 62.5. The Hall–Kier alpha value is -1.54. The van der Waals surface area contributed by atoms with Crippen LogP contribution in [-0.2, 0) is 18.4 Å². The van der Waals surface area contributed by atoms with E-state index in [9.17, 15) is 19.4 Å². The number of allylic oxidation sites excluding steroid dienone is 7. The zero-order valence-electron chi connectivity index (χ0n) is 42.7.